The summed E-state index contributed by atoms with van der Waals surface area (Å²) >= 11 is 4.70. The van der Waals surface area contributed by atoms with Gasteiger partial charge in [0.2, 0.25) is 0 Å². The standard InChI is InChI=1S/C25H21NS/c1-17-5-6-21(18(2)13-17)7-8-22-9-10-23(14-19(22)3)24-11-12-25(26-16-27)20(4)15-24/h5-6,9-15H,1-4H3. The summed E-state index contributed by atoms with van der Waals surface area (Å²) < 4.78 is 0. The fourth-order valence-corrected chi connectivity index (χ4v) is 3.18. The molecule has 0 saturated heterocycles. The lowest BCUT2D eigenvalue weighted by molar-refractivity contribution is 1.36. The Hall–Kier alpha value is -2.98. The summed E-state index contributed by atoms with van der Waals surface area (Å²) in [6, 6.07) is 18.9. The van der Waals surface area contributed by atoms with Crippen LogP contribution in [0.1, 0.15) is 33.4 Å². The van der Waals surface area contributed by atoms with Gasteiger partial charge in [-0.3, -0.25) is 0 Å². The summed E-state index contributed by atoms with van der Waals surface area (Å²) in [6.45, 7) is 8.34. The van der Waals surface area contributed by atoms with Gasteiger partial charge in [-0.25, -0.2) is 0 Å². The third-order valence-corrected chi connectivity index (χ3v) is 4.73. The first kappa shape index (κ1) is 18.8. The van der Waals surface area contributed by atoms with E-state index in [1.807, 2.05) is 13.0 Å². The van der Waals surface area contributed by atoms with Crippen molar-refractivity contribution in [1.82, 2.24) is 0 Å². The lowest BCUT2D eigenvalue weighted by Crippen LogP contribution is -1.87. The Kier molecular flexibility index (Phi) is 5.67. The van der Waals surface area contributed by atoms with E-state index in [-0.39, 0.29) is 0 Å². The largest absolute Gasteiger partial charge is 0.194 e. The van der Waals surface area contributed by atoms with Crippen molar-refractivity contribution >= 4 is 23.1 Å². The minimum atomic E-state index is 0.862. The highest BCUT2D eigenvalue weighted by atomic mass is 32.1. The molecular formula is C25H21NS. The zero-order valence-corrected chi connectivity index (χ0v) is 16.9. The minimum absolute atomic E-state index is 0.862. The van der Waals surface area contributed by atoms with E-state index in [1.165, 1.54) is 22.3 Å². The third kappa shape index (κ3) is 4.41. The van der Waals surface area contributed by atoms with Crippen LogP contribution in [0.4, 0.5) is 5.69 Å². The molecule has 0 spiro atoms. The first-order valence-electron chi connectivity index (χ1n) is 8.87. The van der Waals surface area contributed by atoms with E-state index in [9.17, 15) is 0 Å². The van der Waals surface area contributed by atoms with Gasteiger partial charge >= 0.3 is 0 Å². The number of nitrogens with zero attached hydrogens (tertiary/aromatic N) is 1. The molecule has 0 amide bonds. The van der Waals surface area contributed by atoms with Crippen molar-refractivity contribution < 1.29 is 0 Å². The van der Waals surface area contributed by atoms with Crippen LogP contribution >= 0.6 is 12.2 Å². The van der Waals surface area contributed by atoms with Crippen molar-refractivity contribution in [2.24, 2.45) is 4.99 Å². The van der Waals surface area contributed by atoms with Crippen molar-refractivity contribution in [3.05, 3.63) is 88.0 Å². The molecule has 0 aliphatic carbocycles. The molecule has 3 rings (SSSR count). The maximum absolute atomic E-state index is 4.70. The van der Waals surface area contributed by atoms with E-state index in [0.717, 1.165) is 27.9 Å². The van der Waals surface area contributed by atoms with Crippen LogP contribution in [0.25, 0.3) is 11.1 Å². The lowest BCUT2D eigenvalue weighted by atomic mass is 9.98. The molecule has 3 aromatic rings. The van der Waals surface area contributed by atoms with E-state index in [0.29, 0.717) is 0 Å². The van der Waals surface area contributed by atoms with Gasteiger partial charge in [0.25, 0.3) is 0 Å². The van der Waals surface area contributed by atoms with Gasteiger partial charge in [0.15, 0.2) is 0 Å². The molecule has 0 aliphatic heterocycles. The minimum Gasteiger partial charge on any atom is -0.194 e. The molecular weight excluding hydrogens is 346 g/mol. The van der Waals surface area contributed by atoms with Crippen LogP contribution in [0, 0.1) is 39.5 Å². The molecule has 0 bridgehead atoms. The predicted octanol–water partition coefficient (Wildman–Crippen LogP) is 6.72. The summed E-state index contributed by atoms with van der Waals surface area (Å²) in [5.41, 5.74) is 10.1. The van der Waals surface area contributed by atoms with Crippen LogP contribution in [0.2, 0.25) is 0 Å². The molecule has 1 nitrogen and oxygen atoms in total. The average molecular weight is 368 g/mol. The SMILES string of the molecule is Cc1ccc(C#Cc2ccc(-c3ccc(N=C=S)c(C)c3)cc2C)c(C)c1. The molecule has 0 aromatic heterocycles. The molecule has 0 aliphatic rings. The van der Waals surface area contributed by atoms with Gasteiger partial charge in [0.05, 0.1) is 10.8 Å². The van der Waals surface area contributed by atoms with Crippen LogP contribution in [0.15, 0.2) is 59.6 Å². The molecule has 0 atom stereocenters. The predicted molar refractivity (Wildman–Crippen MR) is 118 cm³/mol. The van der Waals surface area contributed by atoms with E-state index >= 15 is 0 Å². The van der Waals surface area contributed by atoms with E-state index < -0.39 is 0 Å². The number of isothiocyanates is 1. The van der Waals surface area contributed by atoms with Crippen LogP contribution in [0.5, 0.6) is 0 Å². The highest BCUT2D eigenvalue weighted by Crippen LogP contribution is 2.27. The van der Waals surface area contributed by atoms with Crippen LogP contribution in [-0.2, 0) is 0 Å². The summed E-state index contributed by atoms with van der Waals surface area (Å²) in [7, 11) is 0. The average Bonchev–Trinajstić information content (AvgIpc) is 2.64. The second-order valence-corrected chi connectivity index (χ2v) is 6.99. The monoisotopic (exact) mass is 367 g/mol. The summed E-state index contributed by atoms with van der Waals surface area (Å²) in [6.07, 6.45) is 0. The van der Waals surface area contributed by atoms with Gasteiger partial charge in [0.1, 0.15) is 0 Å². The van der Waals surface area contributed by atoms with Gasteiger partial charge in [-0.1, -0.05) is 47.7 Å². The van der Waals surface area contributed by atoms with Crippen molar-refractivity contribution in [3.63, 3.8) is 0 Å². The normalized spacial score (nSPS) is 9.93. The number of benzene rings is 3. The Morgan fingerprint density at radius 1 is 0.667 bits per heavy atom. The maximum Gasteiger partial charge on any atom is 0.0769 e. The van der Waals surface area contributed by atoms with Crippen molar-refractivity contribution in [1.29, 1.82) is 0 Å². The number of hydrogen-bond acceptors (Lipinski definition) is 2. The number of aryl methyl sites for hydroxylation is 4. The Morgan fingerprint density at radius 3 is 1.78 bits per heavy atom. The van der Waals surface area contributed by atoms with Gasteiger partial charge < -0.3 is 0 Å². The summed E-state index contributed by atoms with van der Waals surface area (Å²) in [4.78, 5) is 4.08. The van der Waals surface area contributed by atoms with E-state index in [2.05, 4.69) is 91.3 Å². The van der Waals surface area contributed by atoms with Crippen molar-refractivity contribution in [2.75, 3.05) is 0 Å². The smallest absolute Gasteiger partial charge is 0.0769 e. The number of rotatable bonds is 2. The first-order valence-corrected chi connectivity index (χ1v) is 9.27. The molecule has 0 N–H and O–H groups in total. The van der Waals surface area contributed by atoms with Crippen LogP contribution < -0.4 is 0 Å². The topological polar surface area (TPSA) is 12.4 Å². The second kappa shape index (κ2) is 8.14. The third-order valence-electron chi connectivity index (χ3n) is 4.64. The molecule has 0 saturated carbocycles. The molecule has 27 heavy (non-hydrogen) atoms. The summed E-state index contributed by atoms with van der Waals surface area (Å²) in [5, 5.41) is 2.43. The highest BCUT2D eigenvalue weighted by Gasteiger charge is 2.04. The van der Waals surface area contributed by atoms with Gasteiger partial charge in [-0.15, -0.1) is 0 Å². The molecule has 3 aromatic carbocycles. The Bertz CT molecular complexity index is 1120. The highest BCUT2D eigenvalue weighted by molar-refractivity contribution is 7.78. The number of hydrogen-bond donors (Lipinski definition) is 0. The van der Waals surface area contributed by atoms with E-state index in [4.69, 9.17) is 12.2 Å². The molecule has 0 radical (unpaired) electrons. The zero-order chi connectivity index (χ0) is 19.4. The quantitative estimate of drug-likeness (QED) is 0.278. The van der Waals surface area contributed by atoms with Crippen molar-refractivity contribution in [2.45, 2.75) is 27.7 Å². The first-order chi connectivity index (χ1) is 13.0. The lowest BCUT2D eigenvalue weighted by Gasteiger charge is -2.07. The van der Waals surface area contributed by atoms with Gasteiger partial charge in [-0.2, -0.15) is 4.99 Å². The second-order valence-electron chi connectivity index (χ2n) is 6.80. The Labute approximate surface area is 166 Å². The van der Waals surface area contributed by atoms with Gasteiger partial charge in [0, 0.05) is 11.1 Å². The van der Waals surface area contributed by atoms with Crippen LogP contribution in [-0.4, -0.2) is 5.16 Å². The van der Waals surface area contributed by atoms with E-state index in [1.54, 1.807) is 0 Å². The number of aliphatic imine (C=N–C) groups is 1. The van der Waals surface area contributed by atoms with Crippen LogP contribution in [0.3, 0.4) is 0 Å². The maximum atomic E-state index is 4.70. The molecule has 0 heterocycles. The fourth-order valence-electron chi connectivity index (χ4n) is 3.08. The Morgan fingerprint density at radius 2 is 1.22 bits per heavy atom. The molecule has 132 valence electrons. The zero-order valence-electron chi connectivity index (χ0n) is 16.1. The van der Waals surface area contributed by atoms with Gasteiger partial charge in [-0.05, 0) is 92.0 Å². The van der Waals surface area contributed by atoms with Crippen molar-refractivity contribution in [3.8, 4) is 23.0 Å². The summed E-state index contributed by atoms with van der Waals surface area (Å²) in [5.74, 6) is 6.63. The molecule has 0 fully saturated rings. The Balaban J connectivity index is 1.92. The molecule has 2 heteroatoms. The fraction of sp³-hybridized carbons (Fsp3) is 0.160. The molecule has 0 unspecified atom stereocenters. The number of thiocarbonyl (C=S) groups is 1.